The average molecular weight is 383 g/mol. The number of nitrogens with one attached hydrogen (secondary N) is 1. The SMILES string of the molecule is Cc1cc(NS(=O)(=O)c2c(C)nn(C)c2Cl)ccc1N1CCCC1=O. The summed E-state index contributed by atoms with van der Waals surface area (Å²) in [6.45, 7) is 4.13. The van der Waals surface area contributed by atoms with Crippen LogP contribution in [-0.2, 0) is 21.9 Å². The van der Waals surface area contributed by atoms with E-state index >= 15 is 0 Å². The summed E-state index contributed by atoms with van der Waals surface area (Å²) in [4.78, 5) is 13.6. The van der Waals surface area contributed by atoms with Gasteiger partial charge in [-0.2, -0.15) is 5.10 Å². The van der Waals surface area contributed by atoms with Crippen molar-refractivity contribution in [1.29, 1.82) is 0 Å². The first-order valence-corrected chi connectivity index (χ1v) is 9.70. The smallest absolute Gasteiger partial charge is 0.266 e. The summed E-state index contributed by atoms with van der Waals surface area (Å²) >= 11 is 6.06. The Labute approximate surface area is 151 Å². The number of nitrogens with zero attached hydrogens (tertiary/aromatic N) is 3. The molecule has 1 fully saturated rings. The summed E-state index contributed by atoms with van der Waals surface area (Å²) in [5.41, 5.74) is 2.37. The van der Waals surface area contributed by atoms with Crippen LogP contribution in [0.25, 0.3) is 0 Å². The van der Waals surface area contributed by atoms with E-state index < -0.39 is 10.0 Å². The second-order valence-corrected chi connectivity index (χ2v) is 8.06. The summed E-state index contributed by atoms with van der Waals surface area (Å²) in [6.07, 6.45) is 1.39. The Morgan fingerprint density at radius 3 is 2.52 bits per heavy atom. The number of carbonyl (C=O) groups excluding carboxylic acids is 1. The molecule has 2 heterocycles. The summed E-state index contributed by atoms with van der Waals surface area (Å²) in [7, 11) is -2.28. The third-order valence-electron chi connectivity index (χ3n) is 4.18. The van der Waals surface area contributed by atoms with Crippen LogP contribution in [0.3, 0.4) is 0 Å². The maximum atomic E-state index is 12.6. The molecular formula is C16H19ClN4O3S. The predicted octanol–water partition coefficient (Wildman–Crippen LogP) is 2.62. The number of carbonyl (C=O) groups is 1. The molecule has 0 saturated carbocycles. The van der Waals surface area contributed by atoms with E-state index in [0.717, 1.165) is 17.7 Å². The van der Waals surface area contributed by atoms with Crippen LogP contribution in [0.5, 0.6) is 0 Å². The number of benzene rings is 1. The molecule has 25 heavy (non-hydrogen) atoms. The van der Waals surface area contributed by atoms with Gasteiger partial charge in [0.2, 0.25) is 5.91 Å². The van der Waals surface area contributed by atoms with E-state index in [1.54, 1.807) is 37.1 Å². The van der Waals surface area contributed by atoms with Gasteiger partial charge in [-0.05, 0) is 44.0 Å². The van der Waals surface area contributed by atoms with Crippen molar-refractivity contribution in [3.8, 4) is 0 Å². The molecule has 0 unspecified atom stereocenters. The first kappa shape index (κ1) is 17.8. The van der Waals surface area contributed by atoms with Crippen LogP contribution in [0.4, 0.5) is 11.4 Å². The minimum absolute atomic E-state index is 0.0342. The largest absolute Gasteiger partial charge is 0.312 e. The summed E-state index contributed by atoms with van der Waals surface area (Å²) < 4.78 is 29.1. The van der Waals surface area contributed by atoms with Crippen LogP contribution >= 0.6 is 11.6 Å². The first-order chi connectivity index (χ1) is 11.7. The quantitative estimate of drug-likeness (QED) is 0.880. The van der Waals surface area contributed by atoms with Gasteiger partial charge in [-0.25, -0.2) is 8.42 Å². The van der Waals surface area contributed by atoms with Gasteiger partial charge >= 0.3 is 0 Å². The van der Waals surface area contributed by atoms with Crippen molar-refractivity contribution in [3.63, 3.8) is 0 Å². The van der Waals surface area contributed by atoms with Gasteiger partial charge in [-0.1, -0.05) is 11.6 Å². The lowest BCUT2D eigenvalue weighted by molar-refractivity contribution is -0.117. The fourth-order valence-electron chi connectivity index (χ4n) is 3.05. The Bertz CT molecular complexity index is 953. The Morgan fingerprint density at radius 1 is 1.28 bits per heavy atom. The lowest BCUT2D eigenvalue weighted by atomic mass is 10.1. The van der Waals surface area contributed by atoms with Crippen molar-refractivity contribution in [2.75, 3.05) is 16.2 Å². The Morgan fingerprint density at radius 2 is 2.00 bits per heavy atom. The molecule has 9 heteroatoms. The molecule has 2 aromatic rings. The van der Waals surface area contributed by atoms with Gasteiger partial charge in [0.15, 0.2) is 0 Å². The number of rotatable bonds is 4. The Kier molecular flexibility index (Phi) is 4.51. The van der Waals surface area contributed by atoms with Gasteiger partial charge in [-0.3, -0.25) is 14.2 Å². The highest BCUT2D eigenvalue weighted by Gasteiger charge is 2.26. The summed E-state index contributed by atoms with van der Waals surface area (Å²) in [5.74, 6) is 0.0918. The van der Waals surface area contributed by atoms with Crippen LogP contribution in [0.2, 0.25) is 5.15 Å². The molecule has 7 nitrogen and oxygen atoms in total. The highest BCUT2D eigenvalue weighted by atomic mass is 35.5. The second-order valence-electron chi connectivity index (χ2n) is 6.08. The number of aromatic nitrogens is 2. The second kappa shape index (κ2) is 6.34. The third-order valence-corrected chi connectivity index (χ3v) is 6.26. The van der Waals surface area contributed by atoms with E-state index in [0.29, 0.717) is 24.3 Å². The normalized spacial score (nSPS) is 15.0. The topological polar surface area (TPSA) is 84.3 Å². The van der Waals surface area contributed by atoms with Gasteiger partial charge in [-0.15, -0.1) is 0 Å². The average Bonchev–Trinajstić information content (AvgIpc) is 3.03. The molecule has 0 radical (unpaired) electrons. The maximum absolute atomic E-state index is 12.6. The van der Waals surface area contributed by atoms with E-state index in [2.05, 4.69) is 9.82 Å². The lowest BCUT2D eigenvalue weighted by Crippen LogP contribution is -2.24. The molecule has 0 spiro atoms. The molecule has 1 aliphatic heterocycles. The molecule has 0 aliphatic carbocycles. The number of amides is 1. The van der Waals surface area contributed by atoms with Gasteiger partial charge < -0.3 is 4.90 Å². The zero-order valence-electron chi connectivity index (χ0n) is 14.2. The Hall–Kier alpha value is -2.06. The molecular weight excluding hydrogens is 364 g/mol. The van der Waals surface area contributed by atoms with Crippen molar-refractivity contribution < 1.29 is 13.2 Å². The number of sulfonamides is 1. The van der Waals surface area contributed by atoms with Crippen molar-refractivity contribution in [3.05, 3.63) is 34.6 Å². The van der Waals surface area contributed by atoms with Crippen LogP contribution in [0, 0.1) is 13.8 Å². The van der Waals surface area contributed by atoms with Crippen molar-refractivity contribution in [2.24, 2.45) is 7.05 Å². The molecule has 134 valence electrons. The van der Waals surface area contributed by atoms with Crippen LogP contribution < -0.4 is 9.62 Å². The van der Waals surface area contributed by atoms with Gasteiger partial charge in [0.05, 0.1) is 5.69 Å². The fourth-order valence-corrected chi connectivity index (χ4v) is 4.85. The molecule has 1 aliphatic rings. The van der Waals surface area contributed by atoms with Crippen LogP contribution in [0.15, 0.2) is 23.1 Å². The summed E-state index contributed by atoms with van der Waals surface area (Å²) in [6, 6.07) is 5.11. The van der Waals surface area contributed by atoms with Crippen LogP contribution in [0.1, 0.15) is 24.1 Å². The first-order valence-electron chi connectivity index (χ1n) is 7.83. The number of halogens is 1. The lowest BCUT2D eigenvalue weighted by Gasteiger charge is -2.19. The van der Waals surface area contributed by atoms with Crippen molar-refractivity contribution in [1.82, 2.24) is 9.78 Å². The van der Waals surface area contributed by atoms with E-state index in [9.17, 15) is 13.2 Å². The molecule has 1 aromatic heterocycles. The van der Waals surface area contributed by atoms with Gasteiger partial charge in [0.1, 0.15) is 10.0 Å². The zero-order valence-corrected chi connectivity index (χ0v) is 15.8. The van der Waals surface area contributed by atoms with Gasteiger partial charge in [0.25, 0.3) is 10.0 Å². The molecule has 3 rings (SSSR count). The van der Waals surface area contributed by atoms with Crippen LogP contribution in [-0.4, -0.2) is 30.7 Å². The third kappa shape index (κ3) is 3.23. The highest BCUT2D eigenvalue weighted by Crippen LogP contribution is 2.30. The molecule has 1 aromatic carbocycles. The molecule has 0 atom stereocenters. The summed E-state index contributed by atoms with van der Waals surface area (Å²) in [5, 5.41) is 4.09. The monoisotopic (exact) mass is 382 g/mol. The number of anilines is 2. The number of hydrogen-bond acceptors (Lipinski definition) is 4. The highest BCUT2D eigenvalue weighted by molar-refractivity contribution is 7.92. The number of hydrogen-bond donors (Lipinski definition) is 1. The number of aryl methyl sites for hydroxylation is 3. The maximum Gasteiger partial charge on any atom is 0.266 e. The molecule has 1 amide bonds. The predicted molar refractivity (Wildman–Crippen MR) is 96.5 cm³/mol. The fraction of sp³-hybridized carbons (Fsp3) is 0.375. The minimum atomic E-state index is -3.86. The van der Waals surface area contributed by atoms with E-state index in [1.165, 1.54) is 4.68 Å². The van der Waals surface area contributed by atoms with E-state index in [4.69, 9.17) is 11.6 Å². The zero-order chi connectivity index (χ0) is 18.4. The van der Waals surface area contributed by atoms with Crippen molar-refractivity contribution in [2.45, 2.75) is 31.6 Å². The molecule has 1 saturated heterocycles. The Balaban J connectivity index is 1.90. The standard InChI is InChI=1S/C16H19ClN4O3S/c1-10-9-12(6-7-13(10)21-8-4-5-14(21)22)19-25(23,24)15-11(2)18-20(3)16(15)17/h6-7,9,19H,4-5,8H2,1-3H3. The van der Waals surface area contributed by atoms with Crippen molar-refractivity contribution >= 4 is 38.9 Å². The molecule has 0 bridgehead atoms. The minimum Gasteiger partial charge on any atom is -0.312 e. The van der Waals surface area contributed by atoms with Gasteiger partial charge in [0, 0.05) is 31.4 Å². The molecule has 1 N–H and O–H groups in total. The van der Waals surface area contributed by atoms with E-state index in [1.807, 2.05) is 6.92 Å². The van der Waals surface area contributed by atoms with E-state index in [-0.39, 0.29) is 16.0 Å².